The largest absolute Gasteiger partial charge is 0.480 e. The highest BCUT2D eigenvalue weighted by Gasteiger charge is 2.32. The first-order valence-electron chi connectivity index (χ1n) is 11.5. The number of urea groups is 1. The quantitative estimate of drug-likeness (QED) is 0.748. The van der Waals surface area contributed by atoms with E-state index in [0.29, 0.717) is 50.1 Å². The van der Waals surface area contributed by atoms with Gasteiger partial charge in [0.25, 0.3) is 0 Å². The number of nitrogens with zero attached hydrogens (tertiary/aromatic N) is 5. The van der Waals surface area contributed by atoms with Crippen molar-refractivity contribution >= 4 is 17.5 Å². The normalized spacial score (nSPS) is 15.9. The van der Waals surface area contributed by atoms with Gasteiger partial charge in [-0.2, -0.15) is 5.10 Å². The van der Waals surface area contributed by atoms with Crippen molar-refractivity contribution in [3.63, 3.8) is 0 Å². The molecule has 1 saturated heterocycles. The lowest BCUT2D eigenvalue weighted by atomic mass is 10.0. The van der Waals surface area contributed by atoms with E-state index in [0.717, 1.165) is 24.1 Å². The van der Waals surface area contributed by atoms with Crippen molar-refractivity contribution in [1.82, 2.24) is 25.0 Å². The minimum atomic E-state index is -0.410. The predicted molar refractivity (Wildman–Crippen MR) is 125 cm³/mol. The molecule has 2 aromatic rings. The van der Waals surface area contributed by atoms with Crippen LogP contribution in [0, 0.1) is 12.7 Å². The number of carbonyl (C=O) groups excluding carboxylic acids is 1. The van der Waals surface area contributed by atoms with Crippen LogP contribution in [0.1, 0.15) is 49.7 Å². The Balaban J connectivity index is 0.00000149. The summed E-state index contributed by atoms with van der Waals surface area (Å²) in [7, 11) is 4.96. The Morgan fingerprint density at radius 2 is 2.03 bits per heavy atom. The fourth-order valence-electron chi connectivity index (χ4n) is 4.31. The molecule has 4 rings (SSSR count). The molecular formula is C23H35FN6O3. The molecule has 1 fully saturated rings. The van der Waals surface area contributed by atoms with Crippen LogP contribution in [0.25, 0.3) is 0 Å². The predicted octanol–water partition coefficient (Wildman–Crippen LogP) is 3.58. The third-order valence-corrected chi connectivity index (χ3v) is 6.07. The number of halogens is 1. The summed E-state index contributed by atoms with van der Waals surface area (Å²) in [5, 5.41) is 7.66. The van der Waals surface area contributed by atoms with Gasteiger partial charge >= 0.3 is 6.03 Å². The van der Waals surface area contributed by atoms with Gasteiger partial charge in [-0.3, -0.25) is 4.68 Å². The standard InChI is InChI=1S/C21H29FN6O3.C2H6/c1-13-16(22)11-18(20(24-13)30-4)26(3)19-15-12-27(21(29)23-2)8-5-17(15)28(25-19)14-6-9-31-10-7-14;1-2/h11,14H,5-10,12H2,1-4H3,(H,23,29);1-2H3. The lowest BCUT2D eigenvalue weighted by Gasteiger charge is -2.30. The van der Waals surface area contributed by atoms with Crippen LogP contribution < -0.4 is 15.0 Å². The van der Waals surface area contributed by atoms with Gasteiger partial charge in [-0.15, -0.1) is 0 Å². The summed E-state index contributed by atoms with van der Waals surface area (Å²) in [4.78, 5) is 20.1. The molecule has 2 aliphatic heterocycles. The molecule has 0 aromatic carbocycles. The summed E-state index contributed by atoms with van der Waals surface area (Å²) in [6, 6.07) is 1.53. The van der Waals surface area contributed by atoms with E-state index < -0.39 is 5.82 Å². The minimum Gasteiger partial charge on any atom is -0.480 e. The van der Waals surface area contributed by atoms with Gasteiger partial charge in [0.05, 0.1) is 25.4 Å². The number of hydrogen-bond acceptors (Lipinski definition) is 6. The first kappa shape index (κ1) is 24.8. The van der Waals surface area contributed by atoms with E-state index in [1.54, 1.807) is 23.8 Å². The maximum Gasteiger partial charge on any atom is 0.317 e. The van der Waals surface area contributed by atoms with Crippen molar-refractivity contribution in [2.75, 3.05) is 45.9 Å². The number of ether oxygens (including phenoxy) is 2. The summed E-state index contributed by atoms with van der Waals surface area (Å²) < 4.78 is 27.4. The number of carbonyl (C=O) groups is 1. The molecule has 4 heterocycles. The number of aromatic nitrogens is 3. The summed E-state index contributed by atoms with van der Waals surface area (Å²) in [5.41, 5.74) is 2.84. The zero-order valence-electron chi connectivity index (χ0n) is 20.4. The topological polar surface area (TPSA) is 84.8 Å². The smallest absolute Gasteiger partial charge is 0.317 e. The zero-order valence-corrected chi connectivity index (χ0v) is 20.4. The average Bonchev–Trinajstić information content (AvgIpc) is 3.25. The van der Waals surface area contributed by atoms with Crippen LogP contribution in [0.2, 0.25) is 0 Å². The molecule has 0 unspecified atom stereocenters. The molecule has 9 nitrogen and oxygen atoms in total. The average molecular weight is 463 g/mol. The Morgan fingerprint density at radius 1 is 1.33 bits per heavy atom. The van der Waals surface area contributed by atoms with Crippen molar-refractivity contribution in [2.24, 2.45) is 0 Å². The second-order valence-corrected chi connectivity index (χ2v) is 7.91. The Morgan fingerprint density at radius 3 is 2.67 bits per heavy atom. The van der Waals surface area contributed by atoms with E-state index in [-0.39, 0.29) is 17.8 Å². The molecule has 0 aliphatic carbocycles. The number of pyridine rings is 1. The van der Waals surface area contributed by atoms with Gasteiger partial charge < -0.3 is 24.6 Å². The minimum absolute atomic E-state index is 0.126. The van der Waals surface area contributed by atoms with Crippen LogP contribution in [0.5, 0.6) is 5.88 Å². The summed E-state index contributed by atoms with van der Waals surface area (Å²) >= 11 is 0. The van der Waals surface area contributed by atoms with Gasteiger partial charge in [0, 0.05) is 57.6 Å². The van der Waals surface area contributed by atoms with Gasteiger partial charge in [0.2, 0.25) is 5.88 Å². The first-order valence-corrected chi connectivity index (χ1v) is 11.5. The molecule has 33 heavy (non-hydrogen) atoms. The van der Waals surface area contributed by atoms with Gasteiger partial charge in [-0.25, -0.2) is 14.2 Å². The number of anilines is 2. The Hall–Kier alpha value is -2.88. The van der Waals surface area contributed by atoms with Crippen LogP contribution in [0.15, 0.2) is 6.07 Å². The molecule has 2 aromatic heterocycles. The maximum atomic E-state index is 14.4. The van der Waals surface area contributed by atoms with E-state index in [2.05, 4.69) is 15.0 Å². The van der Waals surface area contributed by atoms with Crippen LogP contribution in [-0.4, -0.2) is 66.7 Å². The van der Waals surface area contributed by atoms with Gasteiger partial charge in [-0.05, 0) is 19.8 Å². The van der Waals surface area contributed by atoms with Crippen molar-refractivity contribution in [2.45, 2.75) is 52.6 Å². The van der Waals surface area contributed by atoms with E-state index in [4.69, 9.17) is 14.6 Å². The molecule has 0 radical (unpaired) electrons. The Labute approximate surface area is 194 Å². The highest BCUT2D eigenvalue weighted by molar-refractivity contribution is 5.75. The first-order chi connectivity index (χ1) is 15.9. The maximum absolute atomic E-state index is 14.4. The second-order valence-electron chi connectivity index (χ2n) is 7.91. The van der Waals surface area contributed by atoms with Crippen molar-refractivity contribution < 1.29 is 18.7 Å². The lowest BCUT2D eigenvalue weighted by molar-refractivity contribution is 0.0651. The molecule has 0 bridgehead atoms. The SMILES string of the molecule is CC.CNC(=O)N1CCc2c(c(N(C)c3cc(F)c(C)nc3OC)nn2C2CCOCC2)C1. The number of amides is 2. The molecule has 0 spiro atoms. The van der Waals surface area contributed by atoms with E-state index in [1.807, 2.05) is 20.9 Å². The molecule has 10 heteroatoms. The molecule has 2 aliphatic rings. The van der Waals surface area contributed by atoms with Crippen LogP contribution in [-0.2, 0) is 17.7 Å². The van der Waals surface area contributed by atoms with Crippen LogP contribution in [0.3, 0.4) is 0 Å². The summed E-state index contributed by atoms with van der Waals surface area (Å²) in [5.74, 6) is 0.598. The van der Waals surface area contributed by atoms with Crippen LogP contribution in [0.4, 0.5) is 20.7 Å². The molecule has 1 N–H and O–H groups in total. The highest BCUT2D eigenvalue weighted by atomic mass is 19.1. The molecule has 182 valence electrons. The fraction of sp³-hybridized carbons (Fsp3) is 0.609. The fourth-order valence-corrected chi connectivity index (χ4v) is 4.31. The van der Waals surface area contributed by atoms with Crippen molar-refractivity contribution in [1.29, 1.82) is 0 Å². The summed E-state index contributed by atoms with van der Waals surface area (Å²) in [6.45, 7) is 8.06. The van der Waals surface area contributed by atoms with E-state index >= 15 is 0 Å². The van der Waals surface area contributed by atoms with Gasteiger partial charge in [-0.1, -0.05) is 13.8 Å². The van der Waals surface area contributed by atoms with Gasteiger partial charge in [0.15, 0.2) is 5.82 Å². The Kier molecular flexibility index (Phi) is 8.12. The number of nitrogens with one attached hydrogen (secondary N) is 1. The summed E-state index contributed by atoms with van der Waals surface area (Å²) in [6.07, 6.45) is 2.49. The molecule has 0 saturated carbocycles. The van der Waals surface area contributed by atoms with Crippen LogP contribution >= 0.6 is 0 Å². The third-order valence-electron chi connectivity index (χ3n) is 6.07. The number of fused-ring (bicyclic) bond motifs is 1. The number of hydrogen-bond donors (Lipinski definition) is 1. The number of methoxy groups -OCH3 is 1. The van der Waals surface area contributed by atoms with E-state index in [9.17, 15) is 9.18 Å². The number of aryl methyl sites for hydroxylation is 1. The molecule has 2 amide bonds. The lowest BCUT2D eigenvalue weighted by Crippen LogP contribution is -2.41. The molecular weight excluding hydrogens is 427 g/mol. The monoisotopic (exact) mass is 462 g/mol. The Bertz CT molecular complexity index is 974. The zero-order chi connectivity index (χ0) is 24.1. The number of rotatable bonds is 4. The second kappa shape index (κ2) is 10.8. The van der Waals surface area contributed by atoms with E-state index in [1.165, 1.54) is 13.2 Å². The molecule has 0 atom stereocenters. The third kappa shape index (κ3) is 4.90. The van der Waals surface area contributed by atoms with Crippen molar-refractivity contribution in [3.05, 3.63) is 28.8 Å². The highest BCUT2D eigenvalue weighted by Crippen LogP contribution is 2.38. The van der Waals surface area contributed by atoms with Gasteiger partial charge in [0.1, 0.15) is 11.5 Å². The van der Waals surface area contributed by atoms with Crippen molar-refractivity contribution in [3.8, 4) is 5.88 Å².